The first-order valence-electron chi connectivity index (χ1n) is 8.13. The van der Waals surface area contributed by atoms with Gasteiger partial charge in [-0.25, -0.2) is 9.78 Å². The minimum absolute atomic E-state index is 0.102. The number of rotatable bonds is 5. The average Bonchev–Trinajstić information content (AvgIpc) is 3.22. The fourth-order valence-corrected chi connectivity index (χ4v) is 3.66. The van der Waals surface area contributed by atoms with Crippen LogP contribution in [0.2, 0.25) is 0 Å². The van der Waals surface area contributed by atoms with Crippen molar-refractivity contribution >= 4 is 22.7 Å². The molecule has 1 atom stereocenters. The average molecular weight is 346 g/mol. The summed E-state index contributed by atoms with van der Waals surface area (Å²) in [4.78, 5) is 18.9. The Hall–Kier alpha value is -1.99. The molecule has 1 saturated heterocycles. The van der Waals surface area contributed by atoms with Crippen molar-refractivity contribution in [2.24, 2.45) is 0 Å². The van der Waals surface area contributed by atoms with Crippen LogP contribution in [-0.2, 0) is 11.2 Å². The summed E-state index contributed by atoms with van der Waals surface area (Å²) in [5.41, 5.74) is 2.45. The molecule has 2 aromatic rings. The van der Waals surface area contributed by atoms with E-state index in [1.807, 2.05) is 17.0 Å². The fourth-order valence-electron chi connectivity index (χ4n) is 3.06. The molecular weight excluding hydrogens is 324 g/mol. The highest BCUT2D eigenvalue weighted by molar-refractivity contribution is 7.09. The third-order valence-electron chi connectivity index (χ3n) is 4.27. The summed E-state index contributed by atoms with van der Waals surface area (Å²) in [7, 11) is 1.65. The van der Waals surface area contributed by atoms with E-state index in [1.165, 1.54) is 22.7 Å². The number of carbonyl (C=O) groups is 1. The van der Waals surface area contributed by atoms with Gasteiger partial charge in [-0.2, -0.15) is 4.37 Å². The van der Waals surface area contributed by atoms with Gasteiger partial charge in [0.05, 0.1) is 12.6 Å². The maximum atomic E-state index is 12.7. The van der Waals surface area contributed by atoms with Crippen LogP contribution in [-0.4, -0.2) is 40.5 Å². The minimum atomic E-state index is -0.102. The lowest BCUT2D eigenvalue weighted by atomic mass is 9.99. The highest BCUT2D eigenvalue weighted by Gasteiger charge is 2.31. The summed E-state index contributed by atoms with van der Waals surface area (Å²) >= 11 is 1.21. The Kier molecular flexibility index (Phi) is 5.42. The second kappa shape index (κ2) is 7.72. The predicted octanol–water partition coefficient (Wildman–Crippen LogP) is 3.40. The Morgan fingerprint density at radius 1 is 1.46 bits per heavy atom. The maximum absolute atomic E-state index is 12.7. The van der Waals surface area contributed by atoms with Gasteiger partial charge in [-0.15, -0.1) is 0 Å². The van der Waals surface area contributed by atoms with Crippen molar-refractivity contribution in [3.8, 4) is 0 Å². The molecule has 0 radical (unpaired) electrons. The number of ether oxygens (including phenoxy) is 1. The van der Waals surface area contributed by atoms with Crippen molar-refractivity contribution in [1.29, 1.82) is 0 Å². The minimum Gasteiger partial charge on any atom is -0.384 e. The summed E-state index contributed by atoms with van der Waals surface area (Å²) < 4.78 is 9.26. The van der Waals surface area contributed by atoms with Crippen LogP contribution >= 0.6 is 11.5 Å². The standard InChI is InChI=1S/C17H22N4O2S/c1-12-6-3-4-7-13(12)14-8-5-10-21(14)17(22)19-16-18-15(20-24-16)9-11-23-2/h3-4,6-7,14H,5,8-11H2,1-2H3,(H,18,19,20,22). The van der Waals surface area contributed by atoms with Crippen LogP contribution in [0.4, 0.5) is 9.93 Å². The number of aromatic nitrogens is 2. The zero-order valence-corrected chi connectivity index (χ0v) is 14.8. The number of likely N-dealkylation sites (tertiary alicyclic amines) is 1. The maximum Gasteiger partial charge on any atom is 0.324 e. The Balaban J connectivity index is 1.68. The van der Waals surface area contributed by atoms with Crippen LogP contribution in [0.15, 0.2) is 24.3 Å². The fraction of sp³-hybridized carbons (Fsp3) is 0.471. The van der Waals surface area contributed by atoms with E-state index in [0.29, 0.717) is 24.0 Å². The first-order chi connectivity index (χ1) is 11.7. The number of methoxy groups -OCH3 is 1. The van der Waals surface area contributed by atoms with Crippen LogP contribution in [0.3, 0.4) is 0 Å². The molecule has 1 aliphatic heterocycles. The molecule has 0 aliphatic carbocycles. The van der Waals surface area contributed by atoms with Crippen molar-refractivity contribution < 1.29 is 9.53 Å². The van der Waals surface area contributed by atoms with Gasteiger partial charge in [0.25, 0.3) is 0 Å². The molecule has 0 saturated carbocycles. The number of hydrogen-bond acceptors (Lipinski definition) is 5. The van der Waals surface area contributed by atoms with Crippen molar-refractivity contribution in [3.05, 3.63) is 41.2 Å². The van der Waals surface area contributed by atoms with Gasteiger partial charge in [0.15, 0.2) is 0 Å². The van der Waals surface area contributed by atoms with Crippen molar-refractivity contribution in [3.63, 3.8) is 0 Å². The molecule has 1 N–H and O–H groups in total. The number of nitrogens with one attached hydrogen (secondary N) is 1. The van der Waals surface area contributed by atoms with Crippen LogP contribution in [0.25, 0.3) is 0 Å². The molecule has 7 heteroatoms. The van der Waals surface area contributed by atoms with Crippen molar-refractivity contribution in [2.45, 2.75) is 32.2 Å². The van der Waals surface area contributed by atoms with E-state index >= 15 is 0 Å². The summed E-state index contributed by atoms with van der Waals surface area (Å²) in [6.45, 7) is 3.43. The lowest BCUT2D eigenvalue weighted by molar-refractivity contribution is 0.201. The molecular formula is C17H22N4O2S. The third kappa shape index (κ3) is 3.73. The second-order valence-corrected chi connectivity index (χ2v) is 6.65. The normalized spacial score (nSPS) is 17.2. The molecule has 1 aromatic carbocycles. The Morgan fingerprint density at radius 2 is 2.29 bits per heavy atom. The topological polar surface area (TPSA) is 67.3 Å². The number of aryl methyl sites for hydroxylation is 1. The summed E-state index contributed by atoms with van der Waals surface area (Å²) in [5, 5.41) is 3.43. The summed E-state index contributed by atoms with van der Waals surface area (Å²) in [5.74, 6) is 0.703. The molecule has 2 heterocycles. The van der Waals surface area contributed by atoms with Crippen molar-refractivity contribution in [1.82, 2.24) is 14.3 Å². The number of urea groups is 1. The number of amides is 2. The van der Waals surface area contributed by atoms with Gasteiger partial charge < -0.3 is 9.64 Å². The monoisotopic (exact) mass is 346 g/mol. The first kappa shape index (κ1) is 16.9. The molecule has 1 aromatic heterocycles. The number of carbonyl (C=O) groups excluding carboxylic acids is 1. The van der Waals surface area contributed by atoms with Crippen molar-refractivity contribution in [2.75, 3.05) is 25.6 Å². The molecule has 0 bridgehead atoms. The van der Waals surface area contributed by atoms with E-state index < -0.39 is 0 Å². The van der Waals surface area contributed by atoms with E-state index in [0.717, 1.165) is 19.4 Å². The number of hydrogen-bond donors (Lipinski definition) is 1. The quantitative estimate of drug-likeness (QED) is 0.901. The molecule has 24 heavy (non-hydrogen) atoms. The third-order valence-corrected chi connectivity index (χ3v) is 4.94. The van der Waals surface area contributed by atoms with Gasteiger partial charge in [0, 0.05) is 31.6 Å². The van der Waals surface area contributed by atoms with Gasteiger partial charge in [-0.3, -0.25) is 5.32 Å². The molecule has 128 valence electrons. The van der Waals surface area contributed by atoms with E-state index in [4.69, 9.17) is 4.74 Å². The largest absolute Gasteiger partial charge is 0.384 e. The zero-order chi connectivity index (χ0) is 16.9. The Bertz CT molecular complexity index is 703. The van der Waals surface area contributed by atoms with Crippen LogP contribution < -0.4 is 5.32 Å². The molecule has 1 unspecified atom stereocenters. The second-order valence-electron chi connectivity index (χ2n) is 5.90. The molecule has 3 rings (SSSR count). The zero-order valence-electron chi connectivity index (χ0n) is 14.0. The van der Waals surface area contributed by atoms with Gasteiger partial charge in [-0.05, 0) is 30.9 Å². The number of benzene rings is 1. The van der Waals surface area contributed by atoms with Gasteiger partial charge in [0.2, 0.25) is 5.13 Å². The van der Waals surface area contributed by atoms with Gasteiger partial charge >= 0.3 is 6.03 Å². The van der Waals surface area contributed by atoms with Crippen LogP contribution in [0, 0.1) is 6.92 Å². The molecule has 1 aliphatic rings. The lowest BCUT2D eigenvalue weighted by Crippen LogP contribution is -2.34. The van der Waals surface area contributed by atoms with Crippen LogP contribution in [0.1, 0.15) is 35.8 Å². The van der Waals surface area contributed by atoms with Gasteiger partial charge in [-0.1, -0.05) is 24.3 Å². The van der Waals surface area contributed by atoms with E-state index in [1.54, 1.807) is 7.11 Å². The molecule has 1 fully saturated rings. The van der Waals surface area contributed by atoms with E-state index in [-0.39, 0.29) is 12.1 Å². The number of nitrogens with zero attached hydrogens (tertiary/aromatic N) is 3. The SMILES string of the molecule is COCCc1nsc(NC(=O)N2CCCC2c2ccccc2C)n1. The summed E-state index contributed by atoms with van der Waals surface area (Å²) in [6, 6.07) is 8.29. The molecule has 6 nitrogen and oxygen atoms in total. The Labute approximate surface area is 146 Å². The van der Waals surface area contributed by atoms with Gasteiger partial charge in [0.1, 0.15) is 5.82 Å². The Morgan fingerprint density at radius 3 is 3.08 bits per heavy atom. The lowest BCUT2D eigenvalue weighted by Gasteiger charge is -2.26. The first-order valence-corrected chi connectivity index (χ1v) is 8.91. The predicted molar refractivity (Wildman–Crippen MR) is 94.4 cm³/mol. The molecule has 2 amide bonds. The smallest absolute Gasteiger partial charge is 0.324 e. The number of anilines is 1. The summed E-state index contributed by atoms with van der Waals surface area (Å²) in [6.07, 6.45) is 2.66. The van der Waals surface area contributed by atoms with E-state index in [9.17, 15) is 4.79 Å². The van der Waals surface area contributed by atoms with E-state index in [2.05, 4.69) is 33.7 Å². The molecule has 0 spiro atoms. The highest BCUT2D eigenvalue weighted by Crippen LogP contribution is 2.34. The van der Waals surface area contributed by atoms with Crippen LogP contribution in [0.5, 0.6) is 0 Å². The highest BCUT2D eigenvalue weighted by atomic mass is 32.1.